The predicted molar refractivity (Wildman–Crippen MR) is 83.0 cm³/mol. The molecule has 2 rings (SSSR count). The smallest absolute Gasteiger partial charge is 0.0787 e. The van der Waals surface area contributed by atoms with Gasteiger partial charge in [0.1, 0.15) is 0 Å². The van der Waals surface area contributed by atoms with Crippen molar-refractivity contribution in [2.75, 3.05) is 18.5 Å². The van der Waals surface area contributed by atoms with Crippen molar-refractivity contribution in [3.05, 3.63) is 52.2 Å². The molecule has 1 heterocycles. The molecule has 0 bridgehead atoms. The first kappa shape index (κ1) is 14.1. The molecule has 0 unspecified atom stereocenters. The van der Waals surface area contributed by atoms with Gasteiger partial charge >= 0.3 is 0 Å². The van der Waals surface area contributed by atoms with Gasteiger partial charge in [-0.2, -0.15) is 0 Å². The van der Waals surface area contributed by atoms with E-state index in [-0.39, 0.29) is 6.10 Å². The lowest BCUT2D eigenvalue weighted by Gasteiger charge is -2.19. The van der Waals surface area contributed by atoms with Crippen molar-refractivity contribution in [1.29, 1.82) is 0 Å². The second-order valence-corrected chi connectivity index (χ2v) is 5.80. The van der Waals surface area contributed by atoms with Gasteiger partial charge in [-0.05, 0) is 42.0 Å². The Morgan fingerprint density at radius 3 is 2.53 bits per heavy atom. The monoisotopic (exact) mass is 275 g/mol. The van der Waals surface area contributed by atoms with Crippen LogP contribution in [-0.4, -0.2) is 18.7 Å². The molecule has 1 aromatic carbocycles. The van der Waals surface area contributed by atoms with Crippen LogP contribution in [0.4, 0.5) is 5.69 Å². The van der Waals surface area contributed by atoms with Crippen molar-refractivity contribution in [3.63, 3.8) is 0 Å². The largest absolute Gasteiger partial charge is 0.388 e. The van der Waals surface area contributed by atoms with E-state index in [2.05, 4.69) is 41.6 Å². The fourth-order valence-corrected chi connectivity index (χ4v) is 2.75. The molecule has 0 saturated carbocycles. The Kier molecular flexibility index (Phi) is 5.00. The Labute approximate surface area is 119 Å². The first-order valence-electron chi connectivity index (χ1n) is 6.72. The highest BCUT2D eigenvalue weighted by atomic mass is 32.1. The zero-order chi connectivity index (χ0) is 13.7. The second-order valence-electron chi connectivity index (χ2n) is 4.77. The summed E-state index contributed by atoms with van der Waals surface area (Å²) in [5, 5.41) is 11.9. The van der Waals surface area contributed by atoms with Crippen LogP contribution in [0.3, 0.4) is 0 Å². The van der Waals surface area contributed by atoms with Crippen LogP contribution in [0.15, 0.2) is 41.8 Å². The van der Waals surface area contributed by atoms with Gasteiger partial charge in [-0.1, -0.05) is 25.1 Å². The van der Waals surface area contributed by atoms with Crippen LogP contribution < -0.4 is 4.90 Å². The van der Waals surface area contributed by atoms with Gasteiger partial charge in [0.25, 0.3) is 0 Å². The summed E-state index contributed by atoms with van der Waals surface area (Å²) in [6.45, 7) is 3.00. The molecule has 0 saturated heterocycles. The fourth-order valence-electron chi connectivity index (χ4n) is 2.05. The lowest BCUT2D eigenvalue weighted by molar-refractivity contribution is 0.173. The van der Waals surface area contributed by atoms with Gasteiger partial charge < -0.3 is 10.0 Å². The number of thiophene rings is 1. The fraction of sp³-hybridized carbons (Fsp3) is 0.375. The minimum absolute atomic E-state index is 0.342. The number of hydrogen-bond donors (Lipinski definition) is 1. The van der Waals surface area contributed by atoms with Crippen molar-refractivity contribution >= 4 is 17.0 Å². The van der Waals surface area contributed by atoms with Crippen LogP contribution in [-0.2, 0) is 6.42 Å². The average molecular weight is 275 g/mol. The number of aliphatic hydroxyl groups excluding tert-OH is 1. The minimum Gasteiger partial charge on any atom is -0.388 e. The van der Waals surface area contributed by atoms with Crippen LogP contribution in [0.25, 0.3) is 0 Å². The van der Waals surface area contributed by atoms with E-state index in [1.807, 2.05) is 30.4 Å². The maximum absolute atomic E-state index is 9.77. The SMILES string of the molecule is CC[C@H](O)c1ccc(N(C)CCc2cccs2)cc1. The van der Waals surface area contributed by atoms with Gasteiger partial charge in [-0.25, -0.2) is 0 Å². The van der Waals surface area contributed by atoms with Crippen LogP contribution in [0.1, 0.15) is 29.9 Å². The second kappa shape index (κ2) is 6.73. The van der Waals surface area contributed by atoms with E-state index < -0.39 is 0 Å². The number of likely N-dealkylation sites (N-methyl/N-ethyl adjacent to an activating group) is 1. The van der Waals surface area contributed by atoms with Crippen LogP contribution in [0.5, 0.6) is 0 Å². The quantitative estimate of drug-likeness (QED) is 0.865. The van der Waals surface area contributed by atoms with Crippen molar-refractivity contribution in [1.82, 2.24) is 0 Å². The third-order valence-corrected chi connectivity index (χ3v) is 4.32. The van der Waals surface area contributed by atoms with E-state index in [0.717, 1.165) is 24.9 Å². The number of anilines is 1. The molecule has 0 spiro atoms. The molecule has 1 atom stereocenters. The lowest BCUT2D eigenvalue weighted by Crippen LogP contribution is -2.19. The number of nitrogens with zero attached hydrogens (tertiary/aromatic N) is 1. The van der Waals surface area contributed by atoms with E-state index in [1.54, 1.807) is 0 Å². The molecule has 19 heavy (non-hydrogen) atoms. The van der Waals surface area contributed by atoms with E-state index in [0.29, 0.717) is 0 Å². The van der Waals surface area contributed by atoms with Gasteiger partial charge in [0.2, 0.25) is 0 Å². The van der Waals surface area contributed by atoms with E-state index in [4.69, 9.17) is 0 Å². The topological polar surface area (TPSA) is 23.5 Å². The average Bonchev–Trinajstić information content (AvgIpc) is 2.97. The zero-order valence-corrected chi connectivity index (χ0v) is 12.4. The standard InChI is InChI=1S/C16H21NOS/c1-3-16(18)13-6-8-14(9-7-13)17(2)11-10-15-5-4-12-19-15/h4-9,12,16,18H,3,10-11H2,1-2H3/t16-/m0/s1. The van der Waals surface area contributed by atoms with Crippen LogP contribution in [0, 0.1) is 0 Å². The van der Waals surface area contributed by atoms with Crippen LogP contribution in [0.2, 0.25) is 0 Å². The predicted octanol–water partition coefficient (Wildman–Crippen LogP) is 3.87. The molecule has 0 fully saturated rings. The van der Waals surface area contributed by atoms with Crippen molar-refractivity contribution in [3.8, 4) is 0 Å². The Morgan fingerprint density at radius 1 is 1.21 bits per heavy atom. The van der Waals surface area contributed by atoms with Crippen molar-refractivity contribution < 1.29 is 5.11 Å². The van der Waals surface area contributed by atoms with Crippen molar-refractivity contribution in [2.45, 2.75) is 25.9 Å². The molecular formula is C16H21NOS. The van der Waals surface area contributed by atoms with Gasteiger partial charge in [0.15, 0.2) is 0 Å². The summed E-state index contributed by atoms with van der Waals surface area (Å²) in [6, 6.07) is 12.5. The summed E-state index contributed by atoms with van der Waals surface area (Å²) in [4.78, 5) is 3.67. The van der Waals surface area contributed by atoms with Gasteiger partial charge in [0, 0.05) is 24.2 Å². The summed E-state index contributed by atoms with van der Waals surface area (Å²) in [5.41, 5.74) is 2.20. The third-order valence-electron chi connectivity index (χ3n) is 3.38. The van der Waals surface area contributed by atoms with Crippen molar-refractivity contribution in [2.24, 2.45) is 0 Å². The molecule has 0 aliphatic heterocycles. The number of aliphatic hydroxyl groups is 1. The Balaban J connectivity index is 1.93. The van der Waals surface area contributed by atoms with Crippen LogP contribution >= 0.6 is 11.3 Å². The number of benzene rings is 1. The zero-order valence-electron chi connectivity index (χ0n) is 11.5. The number of hydrogen-bond acceptors (Lipinski definition) is 3. The third kappa shape index (κ3) is 3.82. The highest BCUT2D eigenvalue weighted by Crippen LogP contribution is 2.21. The Hall–Kier alpha value is -1.32. The van der Waals surface area contributed by atoms with Gasteiger partial charge in [0.05, 0.1) is 6.10 Å². The molecule has 1 N–H and O–H groups in total. The normalized spacial score (nSPS) is 12.4. The maximum Gasteiger partial charge on any atom is 0.0787 e. The molecule has 2 nitrogen and oxygen atoms in total. The van der Waals surface area contributed by atoms with E-state index in [1.165, 1.54) is 10.6 Å². The molecule has 0 radical (unpaired) electrons. The van der Waals surface area contributed by atoms with Gasteiger partial charge in [-0.15, -0.1) is 11.3 Å². The highest BCUT2D eigenvalue weighted by Gasteiger charge is 2.06. The molecule has 2 aromatic rings. The summed E-state index contributed by atoms with van der Waals surface area (Å²) < 4.78 is 0. The maximum atomic E-state index is 9.77. The summed E-state index contributed by atoms with van der Waals surface area (Å²) in [6.07, 6.45) is 1.49. The van der Waals surface area contributed by atoms with E-state index >= 15 is 0 Å². The minimum atomic E-state index is -0.342. The Bertz CT molecular complexity index is 478. The van der Waals surface area contributed by atoms with Gasteiger partial charge in [-0.3, -0.25) is 0 Å². The molecule has 1 aromatic heterocycles. The summed E-state index contributed by atoms with van der Waals surface area (Å²) in [5.74, 6) is 0. The molecular weight excluding hydrogens is 254 g/mol. The summed E-state index contributed by atoms with van der Waals surface area (Å²) >= 11 is 1.81. The van der Waals surface area contributed by atoms with E-state index in [9.17, 15) is 5.11 Å². The molecule has 102 valence electrons. The lowest BCUT2D eigenvalue weighted by atomic mass is 10.1. The first-order valence-corrected chi connectivity index (χ1v) is 7.60. The number of rotatable bonds is 6. The first-order chi connectivity index (χ1) is 9.20. The molecule has 0 aliphatic rings. The Morgan fingerprint density at radius 2 is 1.95 bits per heavy atom. The molecule has 3 heteroatoms. The highest BCUT2D eigenvalue weighted by molar-refractivity contribution is 7.09. The summed E-state index contributed by atoms with van der Waals surface area (Å²) in [7, 11) is 2.11. The molecule has 0 amide bonds. The molecule has 0 aliphatic carbocycles.